The van der Waals surface area contributed by atoms with Crippen LogP contribution in [0.3, 0.4) is 0 Å². The van der Waals surface area contributed by atoms with E-state index in [0.29, 0.717) is 12.3 Å². The number of hydrogen-bond acceptors (Lipinski definition) is 2. The molecule has 2 N–H and O–H groups in total. The van der Waals surface area contributed by atoms with E-state index in [0.717, 1.165) is 26.1 Å². The lowest BCUT2D eigenvalue weighted by molar-refractivity contribution is -0.118. The summed E-state index contributed by atoms with van der Waals surface area (Å²) in [6.45, 7) is 3.23. The number of likely N-dealkylation sites (tertiary alicyclic amines) is 1. The number of carbonyl (C=O) groups is 1. The van der Waals surface area contributed by atoms with Gasteiger partial charge in [0.15, 0.2) is 0 Å². The van der Waals surface area contributed by atoms with E-state index in [1.54, 1.807) is 0 Å². The number of fused-ring (bicyclic) bond motifs is 1. The Hall–Kier alpha value is -1.81. The first-order valence-corrected chi connectivity index (χ1v) is 8.20. The number of aryl methyl sites for hydroxylation is 1. The predicted octanol–water partition coefficient (Wildman–Crippen LogP) is 2.62. The Morgan fingerprint density at radius 3 is 2.73 bits per heavy atom. The molecule has 0 radical (unpaired) electrons. The average Bonchev–Trinajstić information content (AvgIpc) is 2.85. The highest BCUT2D eigenvalue weighted by Gasteiger charge is 2.23. The van der Waals surface area contributed by atoms with E-state index in [1.807, 2.05) is 0 Å². The number of nitrogens with two attached hydrogens (primary N) is 1. The fourth-order valence-electron chi connectivity index (χ4n) is 3.64. The highest BCUT2D eigenvalue weighted by atomic mass is 16.1. The van der Waals surface area contributed by atoms with Crippen LogP contribution >= 0.6 is 0 Å². The minimum Gasteiger partial charge on any atom is -0.370 e. The van der Waals surface area contributed by atoms with Crippen LogP contribution in [0.4, 0.5) is 0 Å². The Morgan fingerprint density at radius 2 is 2.00 bits per heavy atom. The minimum absolute atomic E-state index is 0.189. The van der Waals surface area contributed by atoms with Gasteiger partial charge in [-0.2, -0.15) is 0 Å². The van der Waals surface area contributed by atoms with Crippen molar-refractivity contribution in [3.05, 3.63) is 36.0 Å². The molecule has 0 saturated carbocycles. The van der Waals surface area contributed by atoms with Crippen molar-refractivity contribution in [1.29, 1.82) is 0 Å². The highest BCUT2D eigenvalue weighted by molar-refractivity contribution is 5.84. The summed E-state index contributed by atoms with van der Waals surface area (Å²) in [4.78, 5) is 13.3. The molecule has 4 heteroatoms. The molecule has 0 bridgehead atoms. The monoisotopic (exact) mass is 299 g/mol. The third kappa shape index (κ3) is 3.17. The van der Waals surface area contributed by atoms with E-state index in [-0.39, 0.29) is 5.91 Å². The SMILES string of the molecule is Cn1cc(C2CCN(CCCC(N)=O)CC2)c2ccccc21. The van der Waals surface area contributed by atoms with Gasteiger partial charge in [0, 0.05) is 30.6 Å². The van der Waals surface area contributed by atoms with Gasteiger partial charge in [0.25, 0.3) is 0 Å². The van der Waals surface area contributed by atoms with Crippen molar-refractivity contribution in [2.45, 2.75) is 31.6 Å². The molecule has 1 fully saturated rings. The molecule has 0 spiro atoms. The van der Waals surface area contributed by atoms with Crippen LogP contribution in [0.5, 0.6) is 0 Å². The van der Waals surface area contributed by atoms with Crippen LogP contribution in [-0.2, 0) is 11.8 Å². The quantitative estimate of drug-likeness (QED) is 0.922. The number of hydrogen-bond donors (Lipinski definition) is 1. The molecule has 1 amide bonds. The lowest BCUT2D eigenvalue weighted by atomic mass is 9.89. The summed E-state index contributed by atoms with van der Waals surface area (Å²) in [6.07, 6.45) is 6.09. The number of benzene rings is 1. The number of primary amides is 1. The van der Waals surface area contributed by atoms with Crippen LogP contribution in [0.2, 0.25) is 0 Å². The van der Waals surface area contributed by atoms with Gasteiger partial charge >= 0.3 is 0 Å². The summed E-state index contributed by atoms with van der Waals surface area (Å²) in [6, 6.07) is 8.67. The summed E-state index contributed by atoms with van der Waals surface area (Å²) in [7, 11) is 2.13. The third-order valence-electron chi connectivity index (χ3n) is 4.85. The van der Waals surface area contributed by atoms with Crippen LogP contribution in [-0.4, -0.2) is 35.0 Å². The summed E-state index contributed by atoms with van der Waals surface area (Å²) in [5.74, 6) is 0.462. The van der Waals surface area contributed by atoms with E-state index in [2.05, 4.69) is 47.0 Å². The number of carbonyl (C=O) groups excluding carboxylic acids is 1. The van der Waals surface area contributed by atoms with Gasteiger partial charge in [0.2, 0.25) is 5.91 Å². The van der Waals surface area contributed by atoms with E-state index in [4.69, 9.17) is 5.73 Å². The molecule has 0 aliphatic carbocycles. The second-order valence-electron chi connectivity index (χ2n) is 6.40. The first kappa shape index (κ1) is 15.1. The number of aromatic nitrogens is 1. The molecular formula is C18H25N3O. The van der Waals surface area contributed by atoms with Gasteiger partial charge in [0.1, 0.15) is 0 Å². The summed E-state index contributed by atoms with van der Waals surface area (Å²) < 4.78 is 2.24. The molecule has 1 aliphatic rings. The molecule has 118 valence electrons. The second-order valence-corrected chi connectivity index (χ2v) is 6.40. The normalized spacial score (nSPS) is 17.1. The topological polar surface area (TPSA) is 51.3 Å². The van der Waals surface area contributed by atoms with E-state index >= 15 is 0 Å². The largest absolute Gasteiger partial charge is 0.370 e. The second kappa shape index (κ2) is 6.53. The first-order chi connectivity index (χ1) is 10.6. The van der Waals surface area contributed by atoms with Crippen molar-refractivity contribution < 1.29 is 4.79 Å². The van der Waals surface area contributed by atoms with Crippen LogP contribution in [0, 0.1) is 0 Å². The molecule has 1 aromatic carbocycles. The lowest BCUT2D eigenvalue weighted by Gasteiger charge is -2.31. The van der Waals surface area contributed by atoms with E-state index in [9.17, 15) is 4.79 Å². The summed E-state index contributed by atoms with van der Waals surface area (Å²) in [5.41, 5.74) is 8.02. The van der Waals surface area contributed by atoms with Crippen molar-refractivity contribution in [2.24, 2.45) is 12.8 Å². The Morgan fingerprint density at radius 1 is 1.27 bits per heavy atom. The standard InChI is InChI=1S/C18H25N3O/c1-20-13-16(15-5-2-3-6-17(15)20)14-8-11-21(12-9-14)10-4-7-18(19)22/h2-3,5-6,13-14H,4,7-12H2,1H3,(H2,19,22). The molecular weight excluding hydrogens is 274 g/mol. The van der Waals surface area contributed by atoms with Gasteiger partial charge in [-0.05, 0) is 56.4 Å². The number of amides is 1. The van der Waals surface area contributed by atoms with Crippen LogP contribution < -0.4 is 5.73 Å². The van der Waals surface area contributed by atoms with E-state index in [1.165, 1.54) is 29.3 Å². The molecule has 2 heterocycles. The number of nitrogens with zero attached hydrogens (tertiary/aromatic N) is 2. The van der Waals surface area contributed by atoms with Gasteiger partial charge in [-0.3, -0.25) is 4.79 Å². The maximum absolute atomic E-state index is 10.8. The molecule has 3 rings (SSSR count). The molecule has 22 heavy (non-hydrogen) atoms. The number of rotatable bonds is 5. The molecule has 1 aromatic heterocycles. The Bertz CT molecular complexity index is 653. The van der Waals surface area contributed by atoms with Crippen molar-refractivity contribution in [2.75, 3.05) is 19.6 Å². The molecule has 4 nitrogen and oxygen atoms in total. The van der Waals surface area contributed by atoms with Crippen LogP contribution in [0.15, 0.2) is 30.5 Å². The zero-order valence-electron chi connectivity index (χ0n) is 13.3. The van der Waals surface area contributed by atoms with E-state index < -0.39 is 0 Å². The Kier molecular flexibility index (Phi) is 4.48. The van der Waals surface area contributed by atoms with Gasteiger partial charge in [0.05, 0.1) is 0 Å². The van der Waals surface area contributed by atoms with Crippen molar-refractivity contribution in [1.82, 2.24) is 9.47 Å². The average molecular weight is 299 g/mol. The number of para-hydroxylation sites is 1. The van der Waals surface area contributed by atoms with Crippen LogP contribution in [0.1, 0.15) is 37.2 Å². The molecule has 2 aromatic rings. The minimum atomic E-state index is -0.189. The summed E-state index contributed by atoms with van der Waals surface area (Å²) in [5, 5.41) is 1.40. The zero-order valence-corrected chi connectivity index (χ0v) is 13.3. The smallest absolute Gasteiger partial charge is 0.217 e. The molecule has 0 unspecified atom stereocenters. The maximum atomic E-state index is 10.8. The zero-order chi connectivity index (χ0) is 15.5. The van der Waals surface area contributed by atoms with Crippen molar-refractivity contribution in [3.63, 3.8) is 0 Å². The fourth-order valence-corrected chi connectivity index (χ4v) is 3.64. The van der Waals surface area contributed by atoms with Crippen molar-refractivity contribution in [3.8, 4) is 0 Å². The molecule has 0 atom stereocenters. The fraction of sp³-hybridized carbons (Fsp3) is 0.500. The number of piperidine rings is 1. The lowest BCUT2D eigenvalue weighted by Crippen LogP contribution is -2.34. The van der Waals surface area contributed by atoms with Gasteiger partial charge in [-0.15, -0.1) is 0 Å². The Balaban J connectivity index is 1.62. The first-order valence-electron chi connectivity index (χ1n) is 8.20. The summed E-state index contributed by atoms with van der Waals surface area (Å²) >= 11 is 0. The van der Waals surface area contributed by atoms with Gasteiger partial charge in [-0.25, -0.2) is 0 Å². The van der Waals surface area contributed by atoms with Crippen LogP contribution in [0.25, 0.3) is 10.9 Å². The maximum Gasteiger partial charge on any atom is 0.217 e. The van der Waals surface area contributed by atoms with Crippen molar-refractivity contribution >= 4 is 16.8 Å². The molecule has 1 saturated heterocycles. The predicted molar refractivity (Wildman–Crippen MR) is 89.8 cm³/mol. The third-order valence-corrected chi connectivity index (χ3v) is 4.85. The molecule has 1 aliphatic heterocycles. The van der Waals surface area contributed by atoms with Gasteiger partial charge < -0.3 is 15.2 Å². The Labute approximate surface area is 131 Å². The highest BCUT2D eigenvalue weighted by Crippen LogP contribution is 2.34. The van der Waals surface area contributed by atoms with Gasteiger partial charge in [-0.1, -0.05) is 18.2 Å².